The Balaban J connectivity index is 1.46. The van der Waals surface area contributed by atoms with Crippen molar-refractivity contribution in [2.75, 3.05) is 26.8 Å². The second kappa shape index (κ2) is 7.21. The highest BCUT2D eigenvalue weighted by Gasteiger charge is 2.45. The van der Waals surface area contributed by atoms with Crippen LogP contribution in [0.3, 0.4) is 0 Å². The zero-order valence-electron chi connectivity index (χ0n) is 15.1. The molecule has 1 aromatic carbocycles. The number of aromatic nitrogens is 2. The molecule has 138 valence electrons. The number of benzene rings is 1. The van der Waals surface area contributed by atoms with Crippen molar-refractivity contribution in [3.8, 4) is 5.69 Å². The summed E-state index contributed by atoms with van der Waals surface area (Å²) >= 11 is 0. The third kappa shape index (κ3) is 3.15. The van der Waals surface area contributed by atoms with Gasteiger partial charge in [0, 0.05) is 44.8 Å². The van der Waals surface area contributed by atoms with Gasteiger partial charge in [0.05, 0.1) is 17.4 Å². The molecule has 0 saturated carbocycles. The van der Waals surface area contributed by atoms with Crippen molar-refractivity contribution in [2.45, 2.75) is 37.4 Å². The number of carbonyl (C=O) groups excluding carboxylic acids is 1. The number of piperidine rings is 1. The number of methoxy groups -OCH3 is 1. The lowest BCUT2D eigenvalue weighted by atomic mass is 9.81. The van der Waals surface area contributed by atoms with Crippen molar-refractivity contribution in [3.05, 3.63) is 48.3 Å². The third-order valence-electron chi connectivity index (χ3n) is 5.63. The molecule has 1 atom stereocenters. The van der Waals surface area contributed by atoms with Gasteiger partial charge in [-0.1, -0.05) is 6.07 Å². The maximum absolute atomic E-state index is 13.0. The molecule has 26 heavy (non-hydrogen) atoms. The van der Waals surface area contributed by atoms with E-state index in [1.807, 2.05) is 41.4 Å². The number of amides is 1. The molecule has 2 aliphatic heterocycles. The molecule has 2 aliphatic rings. The van der Waals surface area contributed by atoms with Crippen molar-refractivity contribution < 1.29 is 14.3 Å². The van der Waals surface area contributed by atoms with Crippen LogP contribution in [0.4, 0.5) is 0 Å². The Labute approximate surface area is 153 Å². The lowest BCUT2D eigenvalue weighted by Gasteiger charge is -2.48. The molecule has 0 N–H and O–H groups in total. The van der Waals surface area contributed by atoms with E-state index in [9.17, 15) is 4.79 Å². The first-order chi connectivity index (χ1) is 12.7. The summed E-state index contributed by atoms with van der Waals surface area (Å²) in [5.41, 5.74) is 1.37. The summed E-state index contributed by atoms with van der Waals surface area (Å²) in [5, 5.41) is 4.24. The van der Waals surface area contributed by atoms with Crippen molar-refractivity contribution in [1.29, 1.82) is 0 Å². The molecule has 2 aromatic rings. The van der Waals surface area contributed by atoms with Gasteiger partial charge >= 0.3 is 0 Å². The van der Waals surface area contributed by atoms with Crippen LogP contribution >= 0.6 is 0 Å². The molecule has 0 bridgehead atoms. The SMILES string of the molecule is CO[C@@H]1CCCOC12CCN(C(=O)c1cccc(-n3cccn3)c1)CC2. The summed E-state index contributed by atoms with van der Waals surface area (Å²) in [6, 6.07) is 9.49. The van der Waals surface area contributed by atoms with E-state index in [1.165, 1.54) is 0 Å². The fraction of sp³-hybridized carbons (Fsp3) is 0.500. The topological polar surface area (TPSA) is 56.6 Å². The molecule has 2 saturated heterocycles. The van der Waals surface area contributed by atoms with Gasteiger partial charge in [0.15, 0.2) is 0 Å². The van der Waals surface area contributed by atoms with Crippen LogP contribution in [0.15, 0.2) is 42.7 Å². The molecular formula is C20H25N3O3. The molecule has 6 heteroatoms. The molecule has 0 aliphatic carbocycles. The number of hydrogen-bond acceptors (Lipinski definition) is 4. The Hall–Kier alpha value is -2.18. The first kappa shape index (κ1) is 17.2. The van der Waals surface area contributed by atoms with Gasteiger partial charge in [-0.05, 0) is 49.9 Å². The summed E-state index contributed by atoms with van der Waals surface area (Å²) in [6.07, 6.45) is 7.48. The molecule has 4 rings (SSSR count). The van der Waals surface area contributed by atoms with Crippen LogP contribution in [0, 0.1) is 0 Å². The van der Waals surface area contributed by atoms with Gasteiger partial charge in [0.25, 0.3) is 5.91 Å². The zero-order chi connectivity index (χ0) is 18.0. The van der Waals surface area contributed by atoms with Gasteiger partial charge in [-0.3, -0.25) is 4.79 Å². The highest BCUT2D eigenvalue weighted by Crippen LogP contribution is 2.37. The van der Waals surface area contributed by atoms with E-state index in [1.54, 1.807) is 18.0 Å². The first-order valence-corrected chi connectivity index (χ1v) is 9.28. The van der Waals surface area contributed by atoms with E-state index >= 15 is 0 Å². The van der Waals surface area contributed by atoms with Crippen LogP contribution in [0.25, 0.3) is 5.69 Å². The molecule has 3 heterocycles. The Morgan fingerprint density at radius 3 is 2.88 bits per heavy atom. The fourth-order valence-electron chi connectivity index (χ4n) is 4.17. The molecule has 0 unspecified atom stereocenters. The predicted octanol–water partition coefficient (Wildman–Crippen LogP) is 2.67. The smallest absolute Gasteiger partial charge is 0.253 e. The van der Waals surface area contributed by atoms with Crippen molar-refractivity contribution in [1.82, 2.24) is 14.7 Å². The molecule has 0 radical (unpaired) electrons. The monoisotopic (exact) mass is 355 g/mol. The summed E-state index contributed by atoms with van der Waals surface area (Å²) in [5.74, 6) is 0.0682. The zero-order valence-corrected chi connectivity index (χ0v) is 15.1. The summed E-state index contributed by atoms with van der Waals surface area (Å²) in [4.78, 5) is 14.9. The van der Waals surface area contributed by atoms with Crippen molar-refractivity contribution in [3.63, 3.8) is 0 Å². The van der Waals surface area contributed by atoms with Crippen LogP contribution < -0.4 is 0 Å². The molecule has 1 spiro atoms. The van der Waals surface area contributed by atoms with Crippen LogP contribution in [0.5, 0.6) is 0 Å². The molecule has 2 fully saturated rings. The molecule has 1 amide bonds. The fourth-order valence-corrected chi connectivity index (χ4v) is 4.17. The average molecular weight is 355 g/mol. The number of rotatable bonds is 3. The van der Waals surface area contributed by atoms with Gasteiger partial charge in [0.2, 0.25) is 0 Å². The quantitative estimate of drug-likeness (QED) is 0.849. The second-order valence-electron chi connectivity index (χ2n) is 7.07. The summed E-state index contributed by atoms with van der Waals surface area (Å²) in [6.45, 7) is 2.19. The number of nitrogens with zero attached hydrogens (tertiary/aromatic N) is 3. The Kier molecular flexibility index (Phi) is 4.78. The third-order valence-corrected chi connectivity index (χ3v) is 5.63. The minimum atomic E-state index is -0.222. The van der Waals surface area contributed by atoms with Crippen LogP contribution in [-0.2, 0) is 9.47 Å². The normalized spacial score (nSPS) is 22.5. The van der Waals surface area contributed by atoms with Crippen LogP contribution in [0.2, 0.25) is 0 Å². The van der Waals surface area contributed by atoms with Gasteiger partial charge in [-0.25, -0.2) is 4.68 Å². The molecular weight excluding hydrogens is 330 g/mol. The Bertz CT molecular complexity index is 751. The Morgan fingerprint density at radius 2 is 2.15 bits per heavy atom. The maximum Gasteiger partial charge on any atom is 0.253 e. The minimum absolute atomic E-state index is 0.0682. The van der Waals surface area contributed by atoms with E-state index in [2.05, 4.69) is 5.10 Å². The highest BCUT2D eigenvalue weighted by atomic mass is 16.5. The number of ether oxygens (including phenoxy) is 2. The molecule has 1 aromatic heterocycles. The van der Waals surface area contributed by atoms with Crippen LogP contribution in [0.1, 0.15) is 36.0 Å². The van der Waals surface area contributed by atoms with E-state index in [0.29, 0.717) is 18.7 Å². The maximum atomic E-state index is 13.0. The lowest BCUT2D eigenvalue weighted by Crippen LogP contribution is -2.56. The lowest BCUT2D eigenvalue weighted by molar-refractivity contribution is -0.183. The van der Waals surface area contributed by atoms with E-state index in [0.717, 1.165) is 38.0 Å². The van der Waals surface area contributed by atoms with Crippen molar-refractivity contribution >= 4 is 5.91 Å². The van der Waals surface area contributed by atoms with Crippen LogP contribution in [-0.4, -0.2) is 59.1 Å². The average Bonchev–Trinajstić information content (AvgIpc) is 3.23. The second-order valence-corrected chi connectivity index (χ2v) is 7.07. The summed E-state index contributed by atoms with van der Waals surface area (Å²) in [7, 11) is 1.76. The minimum Gasteiger partial charge on any atom is -0.378 e. The van der Waals surface area contributed by atoms with Gasteiger partial charge in [0.1, 0.15) is 0 Å². The molecule has 6 nitrogen and oxygen atoms in total. The van der Waals surface area contributed by atoms with E-state index in [-0.39, 0.29) is 17.6 Å². The first-order valence-electron chi connectivity index (χ1n) is 9.28. The van der Waals surface area contributed by atoms with E-state index in [4.69, 9.17) is 9.47 Å². The Morgan fingerprint density at radius 1 is 1.31 bits per heavy atom. The predicted molar refractivity (Wildman–Crippen MR) is 97.4 cm³/mol. The number of likely N-dealkylation sites (tertiary alicyclic amines) is 1. The standard InChI is InChI=1S/C20H25N3O3/c1-25-18-7-3-14-26-20(18)8-12-22(13-9-20)19(24)16-5-2-6-17(15-16)23-11-4-10-21-23/h2,4-6,10-11,15,18H,3,7-9,12-14H2,1H3/t18-/m1/s1. The number of carbonyl (C=O) groups is 1. The largest absolute Gasteiger partial charge is 0.378 e. The van der Waals surface area contributed by atoms with Gasteiger partial charge in [-0.2, -0.15) is 5.10 Å². The van der Waals surface area contributed by atoms with Crippen molar-refractivity contribution in [2.24, 2.45) is 0 Å². The van der Waals surface area contributed by atoms with Gasteiger partial charge in [-0.15, -0.1) is 0 Å². The number of hydrogen-bond donors (Lipinski definition) is 0. The highest BCUT2D eigenvalue weighted by molar-refractivity contribution is 5.94. The van der Waals surface area contributed by atoms with Gasteiger partial charge < -0.3 is 14.4 Å². The summed E-state index contributed by atoms with van der Waals surface area (Å²) < 4.78 is 13.6. The van der Waals surface area contributed by atoms with E-state index < -0.39 is 0 Å².